The minimum atomic E-state index is -4.44. The van der Waals surface area contributed by atoms with Crippen LogP contribution in [0.3, 0.4) is 0 Å². The molecule has 0 aliphatic rings. The lowest BCUT2D eigenvalue weighted by Gasteiger charge is -2.18. The molecule has 0 saturated carbocycles. The molecule has 4 nitrogen and oxygen atoms in total. The lowest BCUT2D eigenvalue weighted by molar-refractivity contribution is -0.188. The van der Waals surface area contributed by atoms with Crippen molar-refractivity contribution in [1.29, 1.82) is 0 Å². The molecule has 3 N–H and O–H groups in total. The van der Waals surface area contributed by atoms with E-state index in [1.54, 1.807) is 6.07 Å². The molecule has 1 unspecified atom stereocenters. The summed E-state index contributed by atoms with van der Waals surface area (Å²) in [4.78, 5) is 0. The van der Waals surface area contributed by atoms with Gasteiger partial charge in [0.15, 0.2) is 11.9 Å². The van der Waals surface area contributed by atoms with Crippen molar-refractivity contribution >= 4 is 32.7 Å². The summed E-state index contributed by atoms with van der Waals surface area (Å²) in [7, 11) is 0. The van der Waals surface area contributed by atoms with Crippen molar-refractivity contribution in [2.75, 3.05) is 5.73 Å². The Morgan fingerprint density at radius 1 is 1.44 bits per heavy atom. The molecule has 0 amide bonds. The monoisotopic (exact) mass is 323 g/mol. The van der Waals surface area contributed by atoms with Gasteiger partial charge in [-0.2, -0.15) is 18.3 Å². The summed E-state index contributed by atoms with van der Waals surface area (Å²) in [6.45, 7) is 0.934. The number of aromatic amines is 1. The number of H-pyrrole nitrogens is 1. The number of alkyl halides is 3. The Bertz CT molecular complexity index is 581. The van der Waals surface area contributed by atoms with E-state index in [0.717, 1.165) is 6.92 Å². The first-order valence-electron chi connectivity index (χ1n) is 4.95. The molecule has 0 aliphatic carbocycles. The van der Waals surface area contributed by atoms with E-state index in [9.17, 15) is 13.2 Å². The van der Waals surface area contributed by atoms with Gasteiger partial charge in [0, 0.05) is 4.47 Å². The summed E-state index contributed by atoms with van der Waals surface area (Å²) in [6.07, 6.45) is -6.36. The molecule has 0 aliphatic heterocycles. The molecule has 1 aromatic carbocycles. The highest BCUT2D eigenvalue weighted by Gasteiger charge is 2.38. The largest absolute Gasteiger partial charge is 0.480 e. The average molecular weight is 324 g/mol. The van der Waals surface area contributed by atoms with E-state index in [-0.39, 0.29) is 11.6 Å². The molecule has 0 spiro atoms. The maximum Gasteiger partial charge on any atom is 0.425 e. The zero-order chi connectivity index (χ0) is 13.5. The van der Waals surface area contributed by atoms with E-state index in [4.69, 9.17) is 10.5 Å². The molecule has 2 aromatic rings. The van der Waals surface area contributed by atoms with E-state index in [0.29, 0.717) is 15.4 Å². The predicted octanol–water partition coefficient (Wildman–Crippen LogP) is 3.24. The Morgan fingerprint density at radius 3 is 2.72 bits per heavy atom. The predicted molar refractivity (Wildman–Crippen MR) is 64.4 cm³/mol. The van der Waals surface area contributed by atoms with Gasteiger partial charge < -0.3 is 10.5 Å². The molecule has 0 radical (unpaired) electrons. The molecular formula is C10H9BrF3N3O. The third-order valence-electron chi connectivity index (χ3n) is 2.38. The van der Waals surface area contributed by atoms with Crippen LogP contribution in [-0.2, 0) is 0 Å². The quantitative estimate of drug-likeness (QED) is 0.891. The summed E-state index contributed by atoms with van der Waals surface area (Å²) in [5.74, 6) is 0.136. The van der Waals surface area contributed by atoms with E-state index >= 15 is 0 Å². The Hall–Kier alpha value is -1.44. The molecule has 18 heavy (non-hydrogen) atoms. The number of rotatable bonds is 2. The fourth-order valence-corrected chi connectivity index (χ4v) is 1.90. The number of hydrogen-bond acceptors (Lipinski definition) is 3. The van der Waals surface area contributed by atoms with Gasteiger partial charge in [0.05, 0.1) is 10.9 Å². The molecule has 1 aromatic heterocycles. The van der Waals surface area contributed by atoms with Crippen molar-refractivity contribution < 1.29 is 17.9 Å². The topological polar surface area (TPSA) is 63.9 Å². The van der Waals surface area contributed by atoms with Crippen LogP contribution in [0.15, 0.2) is 16.6 Å². The zero-order valence-electron chi connectivity index (χ0n) is 9.18. The summed E-state index contributed by atoms with van der Waals surface area (Å²) in [5.41, 5.74) is 6.10. The fourth-order valence-electron chi connectivity index (χ4n) is 1.46. The number of nitrogen functional groups attached to an aromatic ring is 1. The third kappa shape index (κ3) is 2.38. The number of halogens is 4. The first-order valence-corrected chi connectivity index (χ1v) is 5.75. The molecule has 0 fully saturated rings. The van der Waals surface area contributed by atoms with Gasteiger partial charge in [-0.15, -0.1) is 0 Å². The van der Waals surface area contributed by atoms with Crippen LogP contribution in [0.25, 0.3) is 10.9 Å². The molecule has 1 atom stereocenters. The SMILES string of the molecule is CC(Oc1cc(Br)cc2[nH]nc(N)c12)C(F)(F)F. The molecule has 98 valence electrons. The molecular weight excluding hydrogens is 315 g/mol. The number of anilines is 1. The van der Waals surface area contributed by atoms with Gasteiger partial charge in [-0.05, 0) is 19.1 Å². The van der Waals surface area contributed by atoms with E-state index < -0.39 is 12.3 Å². The normalized spacial score (nSPS) is 13.8. The molecule has 8 heteroatoms. The zero-order valence-corrected chi connectivity index (χ0v) is 10.8. The number of nitrogens with one attached hydrogen (secondary N) is 1. The Balaban J connectivity index is 2.47. The third-order valence-corrected chi connectivity index (χ3v) is 2.84. The van der Waals surface area contributed by atoms with Gasteiger partial charge in [0.25, 0.3) is 0 Å². The first kappa shape index (κ1) is 13.0. The van der Waals surface area contributed by atoms with Crippen LogP contribution in [0.1, 0.15) is 6.92 Å². The lowest BCUT2D eigenvalue weighted by Crippen LogP contribution is -2.31. The van der Waals surface area contributed by atoms with Crippen LogP contribution in [0, 0.1) is 0 Å². The number of benzene rings is 1. The summed E-state index contributed by atoms with van der Waals surface area (Å²) < 4.78 is 42.9. The maximum absolute atomic E-state index is 12.5. The van der Waals surface area contributed by atoms with Crippen LogP contribution >= 0.6 is 15.9 Å². The highest BCUT2D eigenvalue weighted by atomic mass is 79.9. The lowest BCUT2D eigenvalue weighted by atomic mass is 10.2. The van der Waals surface area contributed by atoms with Gasteiger partial charge in [-0.3, -0.25) is 5.10 Å². The number of aromatic nitrogens is 2. The Labute approximate surface area is 108 Å². The number of fused-ring (bicyclic) bond motifs is 1. The summed E-state index contributed by atoms with van der Waals surface area (Å²) in [6, 6.07) is 3.08. The number of nitrogens with zero attached hydrogens (tertiary/aromatic N) is 1. The maximum atomic E-state index is 12.5. The van der Waals surface area contributed by atoms with Crippen molar-refractivity contribution in [3.8, 4) is 5.75 Å². The van der Waals surface area contributed by atoms with Crippen LogP contribution in [-0.4, -0.2) is 22.5 Å². The van der Waals surface area contributed by atoms with Gasteiger partial charge >= 0.3 is 6.18 Å². The minimum absolute atomic E-state index is 0.0375. The van der Waals surface area contributed by atoms with Crippen LogP contribution in [0.4, 0.5) is 19.0 Å². The fraction of sp³-hybridized carbons (Fsp3) is 0.300. The summed E-state index contributed by atoms with van der Waals surface area (Å²) >= 11 is 3.18. The number of nitrogens with two attached hydrogens (primary N) is 1. The second-order valence-corrected chi connectivity index (χ2v) is 4.65. The van der Waals surface area contributed by atoms with Crippen molar-refractivity contribution in [2.45, 2.75) is 19.2 Å². The average Bonchev–Trinajstić information content (AvgIpc) is 2.58. The smallest absolute Gasteiger partial charge is 0.425 e. The second kappa shape index (κ2) is 4.34. The van der Waals surface area contributed by atoms with E-state index in [1.165, 1.54) is 6.07 Å². The first-order chi connectivity index (χ1) is 8.29. The van der Waals surface area contributed by atoms with Crippen molar-refractivity contribution in [1.82, 2.24) is 10.2 Å². The van der Waals surface area contributed by atoms with Crippen molar-refractivity contribution in [2.24, 2.45) is 0 Å². The highest BCUT2D eigenvalue weighted by Crippen LogP contribution is 2.35. The Morgan fingerprint density at radius 2 is 2.11 bits per heavy atom. The standard InChI is InChI=1S/C10H9BrF3N3O/c1-4(10(12,13)14)18-7-3-5(11)2-6-8(7)9(15)17-16-6/h2-4H,1H3,(H3,15,16,17). The molecule has 1 heterocycles. The van der Waals surface area contributed by atoms with E-state index in [2.05, 4.69) is 26.1 Å². The van der Waals surface area contributed by atoms with Crippen molar-refractivity contribution in [3.63, 3.8) is 0 Å². The molecule has 0 bridgehead atoms. The van der Waals surface area contributed by atoms with Gasteiger partial charge in [0.2, 0.25) is 0 Å². The van der Waals surface area contributed by atoms with Gasteiger partial charge in [0.1, 0.15) is 5.75 Å². The van der Waals surface area contributed by atoms with Crippen LogP contribution in [0.5, 0.6) is 5.75 Å². The van der Waals surface area contributed by atoms with E-state index in [1.807, 2.05) is 0 Å². The minimum Gasteiger partial charge on any atom is -0.480 e. The van der Waals surface area contributed by atoms with Crippen LogP contribution in [0.2, 0.25) is 0 Å². The Kier molecular flexibility index (Phi) is 3.14. The number of hydrogen-bond donors (Lipinski definition) is 2. The van der Waals surface area contributed by atoms with Gasteiger partial charge in [-0.25, -0.2) is 0 Å². The van der Waals surface area contributed by atoms with Crippen LogP contribution < -0.4 is 10.5 Å². The summed E-state index contributed by atoms with van der Waals surface area (Å²) in [5, 5.41) is 6.69. The number of ether oxygens (including phenoxy) is 1. The molecule has 2 rings (SSSR count). The van der Waals surface area contributed by atoms with Gasteiger partial charge in [-0.1, -0.05) is 15.9 Å². The highest BCUT2D eigenvalue weighted by molar-refractivity contribution is 9.10. The molecule has 0 saturated heterocycles. The second-order valence-electron chi connectivity index (χ2n) is 3.74. The van der Waals surface area contributed by atoms with Crippen molar-refractivity contribution in [3.05, 3.63) is 16.6 Å².